The summed E-state index contributed by atoms with van der Waals surface area (Å²) in [7, 11) is 0. The van der Waals surface area contributed by atoms with E-state index in [-0.39, 0.29) is 11.9 Å². The van der Waals surface area contributed by atoms with Crippen molar-refractivity contribution < 1.29 is 4.79 Å². The van der Waals surface area contributed by atoms with Crippen molar-refractivity contribution in [3.8, 4) is 5.69 Å². The number of thiophene rings is 1. The molecule has 1 atom stereocenters. The number of thioether (sulfide) groups is 1. The largest absolute Gasteiger partial charge is 0.335 e. The van der Waals surface area contributed by atoms with Gasteiger partial charge in [0.25, 0.3) is 0 Å². The van der Waals surface area contributed by atoms with Crippen LogP contribution in [0.15, 0.2) is 47.2 Å². The summed E-state index contributed by atoms with van der Waals surface area (Å²) in [6.45, 7) is 2.87. The van der Waals surface area contributed by atoms with E-state index >= 15 is 0 Å². The summed E-state index contributed by atoms with van der Waals surface area (Å²) in [6.07, 6.45) is 2.58. The third-order valence-corrected chi connectivity index (χ3v) is 6.68. The van der Waals surface area contributed by atoms with E-state index in [1.54, 1.807) is 17.7 Å². The number of fused-ring (bicyclic) bond motifs is 1. The Kier molecular flexibility index (Phi) is 5.02. The van der Waals surface area contributed by atoms with Gasteiger partial charge in [0.15, 0.2) is 5.16 Å². The minimum Gasteiger partial charge on any atom is -0.335 e. The van der Waals surface area contributed by atoms with Gasteiger partial charge in [0.05, 0.1) is 17.5 Å². The Morgan fingerprint density at radius 1 is 1.42 bits per heavy atom. The van der Waals surface area contributed by atoms with Gasteiger partial charge in [-0.3, -0.25) is 9.36 Å². The molecule has 5 nitrogen and oxygen atoms in total. The van der Waals surface area contributed by atoms with Gasteiger partial charge in [-0.05, 0) is 48.6 Å². The number of aromatic nitrogens is 3. The maximum absolute atomic E-state index is 12.8. The Labute approximate surface area is 165 Å². The zero-order valence-electron chi connectivity index (χ0n) is 14.1. The molecule has 0 fully saturated rings. The smallest absolute Gasteiger partial charge is 0.233 e. The number of carbonyl (C=O) groups is 1. The number of carbonyl (C=O) groups excluding carboxylic acids is 1. The number of benzene rings is 1. The van der Waals surface area contributed by atoms with E-state index in [1.165, 1.54) is 22.2 Å². The van der Waals surface area contributed by atoms with E-state index in [4.69, 9.17) is 11.6 Å². The molecule has 0 saturated heterocycles. The maximum atomic E-state index is 12.8. The number of nitrogens with zero attached hydrogens (tertiary/aromatic N) is 4. The molecule has 0 spiro atoms. The second kappa shape index (κ2) is 7.42. The number of hydrogen-bond donors (Lipinski definition) is 0. The highest BCUT2D eigenvalue weighted by molar-refractivity contribution is 7.99. The Balaban J connectivity index is 1.46. The lowest BCUT2D eigenvalue weighted by Crippen LogP contribution is -2.39. The lowest BCUT2D eigenvalue weighted by Gasteiger charge is -2.33. The van der Waals surface area contributed by atoms with Crippen molar-refractivity contribution in [2.75, 3.05) is 12.3 Å². The van der Waals surface area contributed by atoms with Crippen molar-refractivity contribution >= 4 is 40.6 Å². The van der Waals surface area contributed by atoms with Crippen molar-refractivity contribution in [3.05, 3.63) is 57.5 Å². The second-order valence-electron chi connectivity index (χ2n) is 6.06. The summed E-state index contributed by atoms with van der Waals surface area (Å²) in [5.74, 6) is 0.461. The van der Waals surface area contributed by atoms with Crippen LogP contribution in [0.1, 0.15) is 23.4 Å². The molecule has 0 radical (unpaired) electrons. The monoisotopic (exact) mass is 404 g/mol. The summed E-state index contributed by atoms with van der Waals surface area (Å²) in [5, 5.41) is 11.6. The average molecular weight is 405 g/mol. The maximum Gasteiger partial charge on any atom is 0.233 e. The molecule has 26 heavy (non-hydrogen) atoms. The van der Waals surface area contributed by atoms with Gasteiger partial charge in [0.2, 0.25) is 5.91 Å². The molecule has 0 aliphatic carbocycles. The van der Waals surface area contributed by atoms with Crippen LogP contribution < -0.4 is 0 Å². The summed E-state index contributed by atoms with van der Waals surface area (Å²) in [4.78, 5) is 16.1. The number of amides is 1. The van der Waals surface area contributed by atoms with Crippen LogP contribution in [0, 0.1) is 0 Å². The molecule has 0 unspecified atom stereocenters. The van der Waals surface area contributed by atoms with Crippen LogP contribution in [0.25, 0.3) is 5.69 Å². The van der Waals surface area contributed by atoms with E-state index < -0.39 is 0 Å². The van der Waals surface area contributed by atoms with Crippen LogP contribution in [0.3, 0.4) is 0 Å². The Morgan fingerprint density at radius 3 is 3.15 bits per heavy atom. The summed E-state index contributed by atoms with van der Waals surface area (Å²) in [5.41, 5.74) is 2.16. The quantitative estimate of drug-likeness (QED) is 0.611. The predicted molar refractivity (Wildman–Crippen MR) is 105 cm³/mol. The lowest BCUT2D eigenvalue weighted by molar-refractivity contribution is -0.130. The van der Waals surface area contributed by atoms with Crippen LogP contribution >= 0.6 is 34.7 Å². The first-order chi connectivity index (χ1) is 12.6. The lowest BCUT2D eigenvalue weighted by atomic mass is 10.0. The fourth-order valence-corrected chi connectivity index (χ4v) is 5.15. The summed E-state index contributed by atoms with van der Waals surface area (Å²) < 4.78 is 1.85. The van der Waals surface area contributed by atoms with Crippen LogP contribution in [0.4, 0.5) is 0 Å². The van der Waals surface area contributed by atoms with Crippen molar-refractivity contribution in [1.82, 2.24) is 19.7 Å². The first-order valence-corrected chi connectivity index (χ1v) is 10.5. The Hall–Kier alpha value is -1.83. The molecule has 134 valence electrons. The van der Waals surface area contributed by atoms with Crippen molar-refractivity contribution in [1.29, 1.82) is 0 Å². The highest BCUT2D eigenvalue weighted by Crippen LogP contribution is 2.33. The van der Waals surface area contributed by atoms with Gasteiger partial charge < -0.3 is 4.90 Å². The standard InChI is InChI=1S/C18H17ClN4OS2/c1-12-15-6-8-25-16(15)5-7-22(12)17(24)10-26-18-21-20-11-23(18)14-4-2-3-13(19)9-14/h2-4,6,8-9,11-12H,5,7,10H2,1H3/t12-/m0/s1. The van der Waals surface area contributed by atoms with Crippen molar-refractivity contribution in [2.45, 2.75) is 24.5 Å². The van der Waals surface area contributed by atoms with E-state index in [0.29, 0.717) is 15.9 Å². The first-order valence-electron chi connectivity index (χ1n) is 8.28. The Bertz CT molecular complexity index is 939. The van der Waals surface area contributed by atoms with Gasteiger partial charge in [-0.15, -0.1) is 21.5 Å². The van der Waals surface area contributed by atoms with E-state index in [9.17, 15) is 4.79 Å². The van der Waals surface area contributed by atoms with Crippen LogP contribution in [0.2, 0.25) is 5.02 Å². The molecule has 1 aliphatic heterocycles. The normalized spacial score (nSPS) is 16.5. The fourth-order valence-electron chi connectivity index (χ4n) is 3.19. The van der Waals surface area contributed by atoms with Gasteiger partial charge in [-0.2, -0.15) is 0 Å². The highest BCUT2D eigenvalue weighted by atomic mass is 35.5. The van der Waals surface area contributed by atoms with Crippen molar-refractivity contribution in [2.24, 2.45) is 0 Å². The van der Waals surface area contributed by atoms with Crippen LogP contribution in [-0.4, -0.2) is 37.9 Å². The zero-order valence-corrected chi connectivity index (χ0v) is 16.5. The third kappa shape index (κ3) is 3.39. The zero-order chi connectivity index (χ0) is 18.1. The highest BCUT2D eigenvalue weighted by Gasteiger charge is 2.28. The van der Waals surface area contributed by atoms with Crippen LogP contribution in [-0.2, 0) is 11.2 Å². The van der Waals surface area contributed by atoms with Gasteiger partial charge >= 0.3 is 0 Å². The average Bonchev–Trinajstić information content (AvgIpc) is 3.29. The molecule has 4 rings (SSSR count). The number of hydrogen-bond acceptors (Lipinski definition) is 5. The predicted octanol–water partition coefficient (Wildman–Crippen LogP) is 4.22. The minimum absolute atomic E-state index is 0.125. The number of rotatable bonds is 4. The molecule has 1 amide bonds. The van der Waals surface area contributed by atoms with Gasteiger partial charge in [-0.1, -0.05) is 29.4 Å². The van der Waals surface area contributed by atoms with Gasteiger partial charge in [0, 0.05) is 16.4 Å². The molecule has 8 heteroatoms. The van der Waals surface area contributed by atoms with E-state index in [1.807, 2.05) is 33.7 Å². The molecule has 3 heterocycles. The summed E-state index contributed by atoms with van der Waals surface area (Å²) in [6, 6.07) is 9.75. The van der Waals surface area contributed by atoms with E-state index in [0.717, 1.165) is 18.7 Å². The second-order valence-corrected chi connectivity index (χ2v) is 8.44. The Morgan fingerprint density at radius 2 is 2.31 bits per heavy atom. The van der Waals surface area contributed by atoms with E-state index in [2.05, 4.69) is 28.6 Å². The van der Waals surface area contributed by atoms with Gasteiger partial charge in [0.1, 0.15) is 6.33 Å². The molecule has 0 bridgehead atoms. The third-order valence-electron chi connectivity index (χ3n) is 4.53. The van der Waals surface area contributed by atoms with Gasteiger partial charge in [-0.25, -0.2) is 0 Å². The summed E-state index contributed by atoms with van der Waals surface area (Å²) >= 11 is 9.25. The molecule has 0 saturated carbocycles. The minimum atomic E-state index is 0.125. The SMILES string of the molecule is C[C@H]1c2ccsc2CCN1C(=O)CSc1nncn1-c1cccc(Cl)c1. The molecule has 3 aromatic rings. The molecule has 2 aromatic heterocycles. The molecular weight excluding hydrogens is 388 g/mol. The van der Waals surface area contributed by atoms with Crippen molar-refractivity contribution in [3.63, 3.8) is 0 Å². The van der Waals surface area contributed by atoms with Crippen LogP contribution in [0.5, 0.6) is 0 Å². The topological polar surface area (TPSA) is 51.0 Å². The molecule has 1 aromatic carbocycles. The molecule has 1 aliphatic rings. The fraction of sp³-hybridized carbons (Fsp3) is 0.278. The first kappa shape index (κ1) is 17.6. The number of halogens is 1. The molecule has 0 N–H and O–H groups in total. The molecular formula is C18H17ClN4OS2.